The molecule has 0 amide bonds. The standard InChI is InChI=1S/C10H15BrN2S/c1-2-13-4-3-7-8(5-12)10(11)14-9(7)6-13/h2-6,12H2,1H3. The van der Waals surface area contributed by atoms with Crippen LogP contribution in [0.1, 0.15) is 22.9 Å². The van der Waals surface area contributed by atoms with Crippen molar-refractivity contribution in [1.29, 1.82) is 0 Å². The third kappa shape index (κ3) is 1.76. The maximum absolute atomic E-state index is 5.75. The van der Waals surface area contributed by atoms with E-state index < -0.39 is 0 Å². The van der Waals surface area contributed by atoms with Gasteiger partial charge in [-0.3, -0.25) is 4.90 Å². The van der Waals surface area contributed by atoms with Gasteiger partial charge < -0.3 is 5.73 Å². The lowest BCUT2D eigenvalue weighted by Crippen LogP contribution is -2.29. The summed E-state index contributed by atoms with van der Waals surface area (Å²) in [6, 6.07) is 0. The van der Waals surface area contributed by atoms with Gasteiger partial charge in [-0.25, -0.2) is 0 Å². The second kappa shape index (κ2) is 4.31. The average Bonchev–Trinajstić information content (AvgIpc) is 2.51. The van der Waals surface area contributed by atoms with Crippen LogP contribution in [0.25, 0.3) is 0 Å². The Kier molecular flexibility index (Phi) is 3.27. The molecule has 0 aromatic carbocycles. The second-order valence-electron chi connectivity index (χ2n) is 3.58. The Morgan fingerprint density at radius 1 is 1.57 bits per heavy atom. The highest BCUT2D eigenvalue weighted by molar-refractivity contribution is 9.11. The Labute approximate surface area is 97.2 Å². The van der Waals surface area contributed by atoms with Crippen LogP contribution >= 0.6 is 27.3 Å². The summed E-state index contributed by atoms with van der Waals surface area (Å²) >= 11 is 5.45. The quantitative estimate of drug-likeness (QED) is 0.897. The summed E-state index contributed by atoms with van der Waals surface area (Å²) < 4.78 is 1.24. The molecule has 0 unspecified atom stereocenters. The molecule has 0 fully saturated rings. The molecule has 0 saturated carbocycles. The molecule has 2 rings (SSSR count). The van der Waals surface area contributed by atoms with Crippen molar-refractivity contribution in [2.45, 2.75) is 26.4 Å². The molecule has 2 nitrogen and oxygen atoms in total. The summed E-state index contributed by atoms with van der Waals surface area (Å²) in [4.78, 5) is 3.98. The summed E-state index contributed by atoms with van der Waals surface area (Å²) in [5, 5.41) is 0. The predicted octanol–water partition coefficient (Wildman–Crippen LogP) is 2.35. The smallest absolute Gasteiger partial charge is 0.0749 e. The lowest BCUT2D eigenvalue weighted by atomic mass is 10.0. The van der Waals surface area contributed by atoms with Gasteiger partial charge in [0.05, 0.1) is 3.79 Å². The topological polar surface area (TPSA) is 29.3 Å². The fourth-order valence-corrected chi connectivity index (χ4v) is 4.09. The van der Waals surface area contributed by atoms with Crippen molar-refractivity contribution in [1.82, 2.24) is 4.90 Å². The second-order valence-corrected chi connectivity index (χ2v) is 6.00. The van der Waals surface area contributed by atoms with E-state index in [0.29, 0.717) is 6.54 Å². The highest BCUT2D eigenvalue weighted by Crippen LogP contribution is 2.36. The Balaban J connectivity index is 2.31. The van der Waals surface area contributed by atoms with Crippen molar-refractivity contribution in [3.05, 3.63) is 19.8 Å². The molecule has 2 heterocycles. The summed E-state index contributed by atoms with van der Waals surface area (Å²) in [7, 11) is 0. The molecule has 0 atom stereocenters. The van der Waals surface area contributed by atoms with Crippen LogP contribution in [0.5, 0.6) is 0 Å². The third-order valence-corrected chi connectivity index (χ3v) is 4.86. The van der Waals surface area contributed by atoms with Gasteiger partial charge in [-0.05, 0) is 40.0 Å². The number of halogens is 1. The van der Waals surface area contributed by atoms with E-state index in [1.807, 2.05) is 11.3 Å². The van der Waals surface area contributed by atoms with E-state index in [1.165, 1.54) is 26.3 Å². The van der Waals surface area contributed by atoms with Gasteiger partial charge >= 0.3 is 0 Å². The first-order valence-electron chi connectivity index (χ1n) is 4.97. The minimum Gasteiger partial charge on any atom is -0.326 e. The summed E-state index contributed by atoms with van der Waals surface area (Å²) in [5.41, 5.74) is 8.59. The monoisotopic (exact) mass is 274 g/mol. The molecule has 4 heteroatoms. The highest BCUT2D eigenvalue weighted by Gasteiger charge is 2.21. The van der Waals surface area contributed by atoms with Crippen molar-refractivity contribution < 1.29 is 0 Å². The van der Waals surface area contributed by atoms with Crippen LogP contribution in [0, 0.1) is 0 Å². The zero-order chi connectivity index (χ0) is 10.1. The fraction of sp³-hybridized carbons (Fsp3) is 0.600. The molecule has 1 aliphatic heterocycles. The molecule has 78 valence electrons. The van der Waals surface area contributed by atoms with Crippen molar-refractivity contribution >= 4 is 27.3 Å². The minimum atomic E-state index is 0.665. The van der Waals surface area contributed by atoms with E-state index >= 15 is 0 Å². The van der Waals surface area contributed by atoms with Gasteiger partial charge in [0, 0.05) is 24.5 Å². The summed E-state index contributed by atoms with van der Waals surface area (Å²) in [6.07, 6.45) is 1.16. The number of likely N-dealkylation sites (N-methyl/N-ethyl adjacent to an activating group) is 1. The van der Waals surface area contributed by atoms with Crippen molar-refractivity contribution in [2.24, 2.45) is 5.73 Å². The number of hydrogen-bond donors (Lipinski definition) is 1. The number of nitrogens with zero attached hydrogens (tertiary/aromatic N) is 1. The van der Waals surface area contributed by atoms with Crippen LogP contribution in [0.15, 0.2) is 3.79 Å². The van der Waals surface area contributed by atoms with Crippen LogP contribution < -0.4 is 5.73 Å². The van der Waals surface area contributed by atoms with E-state index in [4.69, 9.17) is 5.73 Å². The summed E-state index contributed by atoms with van der Waals surface area (Å²) in [5.74, 6) is 0. The molecule has 0 bridgehead atoms. The first-order chi connectivity index (χ1) is 6.76. The Hall–Kier alpha value is 0.1000. The molecule has 0 aliphatic carbocycles. The van der Waals surface area contributed by atoms with Gasteiger partial charge in [0.2, 0.25) is 0 Å². The van der Waals surface area contributed by atoms with Gasteiger partial charge in [0.15, 0.2) is 0 Å². The largest absolute Gasteiger partial charge is 0.326 e. The van der Waals surface area contributed by atoms with Gasteiger partial charge in [-0.2, -0.15) is 0 Å². The van der Waals surface area contributed by atoms with Crippen LogP contribution in [-0.4, -0.2) is 18.0 Å². The average molecular weight is 275 g/mol. The first kappa shape index (κ1) is 10.6. The zero-order valence-electron chi connectivity index (χ0n) is 8.35. The van der Waals surface area contributed by atoms with Crippen LogP contribution in [0.4, 0.5) is 0 Å². The van der Waals surface area contributed by atoms with Crippen molar-refractivity contribution in [3.8, 4) is 0 Å². The van der Waals surface area contributed by atoms with E-state index in [-0.39, 0.29) is 0 Å². The van der Waals surface area contributed by atoms with E-state index in [9.17, 15) is 0 Å². The van der Waals surface area contributed by atoms with E-state index in [2.05, 4.69) is 27.8 Å². The third-order valence-electron chi connectivity index (χ3n) is 2.85. The minimum absolute atomic E-state index is 0.665. The van der Waals surface area contributed by atoms with Crippen molar-refractivity contribution in [2.75, 3.05) is 13.1 Å². The Bertz CT molecular complexity index is 335. The van der Waals surface area contributed by atoms with Crippen LogP contribution in [0.2, 0.25) is 0 Å². The maximum Gasteiger partial charge on any atom is 0.0749 e. The number of nitrogens with two attached hydrogens (primary N) is 1. The molecular formula is C10H15BrN2S. The van der Waals surface area contributed by atoms with Gasteiger partial charge in [-0.15, -0.1) is 11.3 Å². The molecular weight excluding hydrogens is 260 g/mol. The number of thiophene rings is 1. The Morgan fingerprint density at radius 3 is 3.00 bits per heavy atom. The molecule has 0 saturated heterocycles. The zero-order valence-corrected chi connectivity index (χ0v) is 10.7. The molecule has 14 heavy (non-hydrogen) atoms. The molecule has 1 aliphatic rings. The van der Waals surface area contributed by atoms with Gasteiger partial charge in [0.25, 0.3) is 0 Å². The van der Waals surface area contributed by atoms with Crippen LogP contribution in [0.3, 0.4) is 0 Å². The highest BCUT2D eigenvalue weighted by atomic mass is 79.9. The van der Waals surface area contributed by atoms with E-state index in [1.54, 1.807) is 0 Å². The van der Waals surface area contributed by atoms with Crippen molar-refractivity contribution in [3.63, 3.8) is 0 Å². The predicted molar refractivity (Wildman–Crippen MR) is 64.6 cm³/mol. The first-order valence-corrected chi connectivity index (χ1v) is 6.58. The SMILES string of the molecule is CCN1CCc2c(sc(Br)c2CN)C1. The molecule has 0 spiro atoms. The molecule has 1 aromatic rings. The molecule has 1 aromatic heterocycles. The lowest BCUT2D eigenvalue weighted by Gasteiger charge is -2.25. The lowest BCUT2D eigenvalue weighted by molar-refractivity contribution is 0.271. The Morgan fingerprint density at radius 2 is 2.36 bits per heavy atom. The maximum atomic E-state index is 5.75. The number of rotatable bonds is 2. The van der Waals surface area contributed by atoms with Gasteiger partial charge in [0.1, 0.15) is 0 Å². The van der Waals surface area contributed by atoms with Gasteiger partial charge in [-0.1, -0.05) is 6.92 Å². The normalized spacial score (nSPS) is 17.1. The molecule has 0 radical (unpaired) electrons. The van der Waals surface area contributed by atoms with Crippen LogP contribution in [-0.2, 0) is 19.5 Å². The number of hydrogen-bond acceptors (Lipinski definition) is 3. The summed E-state index contributed by atoms with van der Waals surface area (Å²) in [6.45, 7) is 6.32. The van der Waals surface area contributed by atoms with E-state index in [0.717, 1.165) is 19.5 Å². The molecule has 2 N–H and O–H groups in total. The number of fused-ring (bicyclic) bond motifs is 1. The fourth-order valence-electron chi connectivity index (χ4n) is 1.96.